The fourth-order valence-corrected chi connectivity index (χ4v) is 19.4. The van der Waals surface area contributed by atoms with Crippen molar-refractivity contribution in [1.29, 1.82) is 5.26 Å². The van der Waals surface area contributed by atoms with Gasteiger partial charge in [-0.15, -0.1) is 0 Å². The number of methoxy groups -OCH3 is 3. The Morgan fingerprint density at radius 3 is 0.979 bits per heavy atom. The van der Waals surface area contributed by atoms with Gasteiger partial charge in [-0.05, 0) is 159 Å². The fraction of sp³-hybridized carbons (Fsp3) is 0.430. The second-order valence-corrected chi connectivity index (χ2v) is 38.3. The van der Waals surface area contributed by atoms with E-state index in [9.17, 15) is 30.1 Å². The van der Waals surface area contributed by atoms with Crippen LogP contribution in [0.15, 0.2) is 147 Å². The molecule has 8 aromatic heterocycles. The highest BCUT2D eigenvalue weighted by molar-refractivity contribution is 6.33. The first-order chi connectivity index (χ1) is 70.5. The van der Waals surface area contributed by atoms with Crippen LogP contribution < -0.4 is 55.1 Å². The average molecular weight is 2000 g/mol. The number of hydrogen-bond donors (Lipinski definition) is 8. The molecule has 0 saturated carbocycles. The minimum Gasteiger partial charge on any atom is -0.489 e. The number of benzene rings is 4. The number of fused-ring (bicyclic) bond motifs is 4. The molecule has 20 rings (SSSR count). The van der Waals surface area contributed by atoms with E-state index in [1.54, 1.807) is 70.5 Å². The maximum Gasteiger partial charge on any atom is 0.227 e. The lowest BCUT2D eigenvalue weighted by Gasteiger charge is -2.30. The Morgan fingerprint density at radius 2 is 0.655 bits per heavy atom. The van der Waals surface area contributed by atoms with Crippen LogP contribution in [0.1, 0.15) is 110 Å². The predicted octanol–water partition coefficient (Wildman–Crippen LogP) is 14.4. The molecule has 762 valence electrons. The molecule has 35 nitrogen and oxygen atoms in total. The molecule has 8 N–H and O–H groups in total. The van der Waals surface area contributed by atoms with E-state index < -0.39 is 0 Å². The van der Waals surface area contributed by atoms with Crippen LogP contribution in [0.2, 0.25) is 5.02 Å². The van der Waals surface area contributed by atoms with Gasteiger partial charge in [-0.3, -0.25) is 19.9 Å². The first-order valence-corrected chi connectivity index (χ1v) is 49.4. The van der Waals surface area contributed by atoms with Crippen molar-refractivity contribution in [3.8, 4) is 68.3 Å². The van der Waals surface area contributed by atoms with Crippen LogP contribution in [-0.2, 0) is 80.5 Å². The van der Waals surface area contributed by atoms with E-state index >= 15 is 4.39 Å². The Balaban J connectivity index is 0.000000133. The number of pyridine rings is 4. The lowest BCUT2D eigenvalue weighted by Crippen LogP contribution is -2.36. The molecule has 0 spiro atoms. The zero-order valence-electron chi connectivity index (χ0n) is 83.0. The minimum atomic E-state index is -0.370. The summed E-state index contributed by atoms with van der Waals surface area (Å²) in [5, 5.41) is 63.1. The Morgan fingerprint density at radius 1 is 0.372 bits per heavy atom. The van der Waals surface area contributed by atoms with Gasteiger partial charge in [-0.2, -0.15) is 5.26 Å². The standard InChI is InChI=1S/C28H32N6O4.C27H32ClN5O4.C27H32FN5O4.C25H28FN5O2/c1-28(18-35)5-3-23-21(28)13-20(17-31-23)22-4-6-30-27(32-22)33-24-14-19(16-29)25(34-7-9-37-10-8-34)15-26(24)38-12-11-36-2;2*1-27(17-34)5-3-22-19(27)13-18(16-30-22)21-4-6-29-26(31-21)32-23-14-20(28)24(33-7-9-36-10-8-33)15-25(23)37-12-11-35-2;1-16-11-23(31-7-9-33-10-8-31)19(26)13-22(16)30-24-27-6-4-20(29-24)17-12-18-21(28-14-17)3-5-25(18,2)15-32/h4,6,13-15,17,35H,3,5,7-12,18H2,1-2H3,(H,30,32,33);2*4,6,13-16,34H,3,5,7-12,17H2,1-2H3,(H,29,31,32);4,6,11-14,32H,3,5,7-10,15H2,1-2H3,(H,27,29,30). The van der Waals surface area contributed by atoms with Crippen molar-refractivity contribution in [3.63, 3.8) is 0 Å². The number of hydrogen-bond acceptors (Lipinski definition) is 35. The molecule has 4 atom stereocenters. The van der Waals surface area contributed by atoms with Crippen LogP contribution in [0.25, 0.3) is 45.0 Å². The number of nitriles is 1. The summed E-state index contributed by atoms with van der Waals surface area (Å²) in [6, 6.07) is 31.8. The first kappa shape index (κ1) is 103. The molecule has 4 aliphatic carbocycles. The molecule has 8 aliphatic rings. The summed E-state index contributed by atoms with van der Waals surface area (Å²) in [5.41, 5.74) is 20.0. The smallest absolute Gasteiger partial charge is 0.227 e. The molecule has 0 radical (unpaired) electrons. The monoisotopic (exact) mass is 2000 g/mol. The van der Waals surface area contributed by atoms with E-state index in [1.165, 1.54) is 12.1 Å². The normalized spacial score (nSPS) is 19.2. The SMILES string of the molecule is COCCOc1cc(N2CCOCC2)c(C#N)cc1Nc1nccc(-c2cnc3c(c2)C(C)(CO)CC3)n1.COCCOc1cc(N2CCOCC2)c(Cl)cc1Nc1nccc(-c2cnc3c(c2)C(C)(CO)CC3)n1.COCCOc1cc(N2CCOCC2)c(F)cc1Nc1nccc(-c2cnc3c(c2)C(C)(CO)CC3)n1.Cc1cc(N2CCOCC2)c(F)cc1Nc1nccc(-c2cnc3c(c2)C(C)(CO)CC3)n1. The third-order valence-electron chi connectivity index (χ3n) is 28.0. The van der Waals surface area contributed by atoms with Crippen molar-refractivity contribution in [2.24, 2.45) is 0 Å². The summed E-state index contributed by atoms with van der Waals surface area (Å²) >= 11 is 6.71. The van der Waals surface area contributed by atoms with E-state index in [4.69, 9.17) is 68.9 Å². The quantitative estimate of drug-likeness (QED) is 0.0182. The Labute approximate surface area is 846 Å². The number of nitrogens with one attached hydrogen (secondary N) is 4. The molecule has 4 unspecified atom stereocenters. The van der Waals surface area contributed by atoms with Gasteiger partial charge in [0.25, 0.3) is 0 Å². The number of rotatable bonds is 32. The van der Waals surface area contributed by atoms with Crippen LogP contribution >= 0.6 is 11.6 Å². The van der Waals surface area contributed by atoms with Crippen molar-refractivity contribution in [2.75, 3.05) is 233 Å². The number of anilines is 12. The molecule has 145 heavy (non-hydrogen) atoms. The minimum absolute atomic E-state index is 0.0690. The van der Waals surface area contributed by atoms with Gasteiger partial charge < -0.3 is 109 Å². The van der Waals surface area contributed by atoms with Crippen molar-refractivity contribution in [1.82, 2.24) is 59.8 Å². The number of nitrogens with zero attached hydrogens (tertiary/aromatic N) is 17. The largest absolute Gasteiger partial charge is 0.489 e. The van der Waals surface area contributed by atoms with Crippen LogP contribution in [-0.4, -0.2) is 273 Å². The van der Waals surface area contributed by atoms with E-state index in [0.717, 1.165) is 160 Å². The molecular weight excluding hydrogens is 1880 g/mol. The number of aryl methyl sites for hydroxylation is 5. The van der Waals surface area contributed by atoms with E-state index in [0.29, 0.717) is 229 Å². The number of morpholine rings is 4. The van der Waals surface area contributed by atoms with Crippen molar-refractivity contribution < 1.29 is 76.6 Å². The summed E-state index contributed by atoms with van der Waals surface area (Å²) in [5.74, 6) is 2.51. The molecule has 4 aromatic carbocycles. The third kappa shape index (κ3) is 24.1. The van der Waals surface area contributed by atoms with Gasteiger partial charge in [0.05, 0.1) is 172 Å². The molecule has 4 aliphatic heterocycles. The summed E-state index contributed by atoms with van der Waals surface area (Å²) in [4.78, 5) is 63.1. The van der Waals surface area contributed by atoms with E-state index in [2.05, 4.69) is 133 Å². The highest BCUT2D eigenvalue weighted by Crippen LogP contribution is 2.47. The van der Waals surface area contributed by atoms with Crippen molar-refractivity contribution >= 4 is 80.9 Å². The third-order valence-corrected chi connectivity index (χ3v) is 28.3. The molecule has 4 fully saturated rings. The second kappa shape index (κ2) is 47.3. The van der Waals surface area contributed by atoms with Crippen LogP contribution in [0.5, 0.6) is 17.2 Å². The van der Waals surface area contributed by atoms with Crippen molar-refractivity contribution in [2.45, 2.75) is 108 Å². The first-order valence-electron chi connectivity index (χ1n) is 49.1. The molecule has 12 heterocycles. The van der Waals surface area contributed by atoms with Crippen LogP contribution in [0.3, 0.4) is 0 Å². The number of ether oxygens (including phenoxy) is 10. The lowest BCUT2D eigenvalue weighted by atomic mass is 9.85. The topological polar surface area (TPSA) is 413 Å². The van der Waals surface area contributed by atoms with Gasteiger partial charge in [-0.25, -0.2) is 48.7 Å². The van der Waals surface area contributed by atoms with Gasteiger partial charge in [-0.1, -0.05) is 39.3 Å². The Kier molecular flexibility index (Phi) is 33.7. The second-order valence-electron chi connectivity index (χ2n) is 37.9. The van der Waals surface area contributed by atoms with E-state index in [-0.39, 0.29) is 59.7 Å². The summed E-state index contributed by atoms with van der Waals surface area (Å²) in [6.45, 7) is 23.2. The number of aliphatic hydroxyl groups is 4. The zero-order chi connectivity index (χ0) is 101. The van der Waals surface area contributed by atoms with Gasteiger partial charge in [0.1, 0.15) is 54.8 Å². The Bertz CT molecular complexity index is 6390. The number of halogens is 3. The molecule has 4 saturated heterocycles. The fourth-order valence-electron chi connectivity index (χ4n) is 19.1. The molecule has 38 heteroatoms. The molecular formula is C107H124ClF2N21O14. The number of aromatic nitrogens is 12. The zero-order valence-corrected chi connectivity index (χ0v) is 83.8. The van der Waals surface area contributed by atoms with E-state index in [1.807, 2.05) is 83.8 Å². The summed E-state index contributed by atoms with van der Waals surface area (Å²) in [6.07, 6.45) is 20.9. The maximum absolute atomic E-state index is 15.2. The van der Waals surface area contributed by atoms with Crippen molar-refractivity contribution in [3.05, 3.63) is 219 Å². The predicted molar refractivity (Wildman–Crippen MR) is 550 cm³/mol. The lowest BCUT2D eigenvalue weighted by molar-refractivity contribution is 0.122. The molecule has 0 amide bonds. The van der Waals surface area contributed by atoms with Crippen LogP contribution in [0, 0.1) is 29.9 Å². The summed E-state index contributed by atoms with van der Waals surface area (Å²) < 4.78 is 85.3. The summed E-state index contributed by atoms with van der Waals surface area (Å²) in [7, 11) is 4.86. The van der Waals surface area contributed by atoms with Gasteiger partial charge in [0.2, 0.25) is 23.8 Å². The molecule has 0 bridgehead atoms. The Hall–Kier alpha value is -13.2. The average Bonchev–Trinajstić information content (AvgIpc) is 1.52. The van der Waals surface area contributed by atoms with Gasteiger partial charge in [0.15, 0.2) is 0 Å². The highest BCUT2D eigenvalue weighted by atomic mass is 35.5. The highest BCUT2D eigenvalue weighted by Gasteiger charge is 2.40. The maximum atomic E-state index is 15.2. The number of aliphatic hydroxyl groups excluding tert-OH is 4. The van der Waals surface area contributed by atoms with Gasteiger partial charge >= 0.3 is 0 Å². The van der Waals surface area contributed by atoms with Crippen LogP contribution in [0.4, 0.5) is 78.1 Å². The molecule has 12 aromatic rings. The van der Waals surface area contributed by atoms with Gasteiger partial charge in [0, 0.05) is 220 Å².